The largest absolute Gasteiger partial charge is 0.344 e. The standard InChI is InChI=1S/C17H17BrN4O/c1-3-14(12-6-4-11(2)5-7-12)20-17(23)15-8-16-19-9-13(18)10-22(16)21-15/h4-10,14H,3H2,1-2H3,(H,20,23). The molecule has 1 atom stereocenters. The van der Waals surface area contributed by atoms with Gasteiger partial charge in [-0.2, -0.15) is 5.10 Å². The van der Waals surface area contributed by atoms with Gasteiger partial charge in [-0.1, -0.05) is 36.8 Å². The van der Waals surface area contributed by atoms with Crippen LogP contribution in [0.2, 0.25) is 0 Å². The molecule has 0 bridgehead atoms. The Bertz CT molecular complexity index is 841. The van der Waals surface area contributed by atoms with Crippen LogP contribution >= 0.6 is 15.9 Å². The van der Waals surface area contributed by atoms with Crippen LogP contribution in [-0.4, -0.2) is 20.5 Å². The monoisotopic (exact) mass is 372 g/mol. The van der Waals surface area contributed by atoms with Crippen molar-refractivity contribution in [2.75, 3.05) is 0 Å². The van der Waals surface area contributed by atoms with Gasteiger partial charge in [-0.15, -0.1) is 0 Å². The number of aromatic nitrogens is 3. The molecule has 0 spiro atoms. The van der Waals surface area contributed by atoms with Crippen LogP contribution in [0.5, 0.6) is 0 Å². The molecule has 0 saturated heterocycles. The molecule has 2 aromatic heterocycles. The number of benzene rings is 1. The van der Waals surface area contributed by atoms with E-state index < -0.39 is 0 Å². The number of aryl methyl sites for hydroxylation is 1. The molecule has 0 aliphatic heterocycles. The number of halogens is 1. The molecule has 1 aromatic carbocycles. The van der Waals surface area contributed by atoms with Crippen LogP contribution in [0.3, 0.4) is 0 Å². The first kappa shape index (κ1) is 15.7. The van der Waals surface area contributed by atoms with E-state index in [4.69, 9.17) is 0 Å². The molecular weight excluding hydrogens is 356 g/mol. The van der Waals surface area contributed by atoms with Crippen molar-refractivity contribution in [2.24, 2.45) is 0 Å². The van der Waals surface area contributed by atoms with Gasteiger partial charge in [0.15, 0.2) is 11.3 Å². The highest BCUT2D eigenvalue weighted by Crippen LogP contribution is 2.18. The van der Waals surface area contributed by atoms with Crippen molar-refractivity contribution < 1.29 is 4.79 Å². The van der Waals surface area contributed by atoms with Gasteiger partial charge in [0.2, 0.25) is 0 Å². The van der Waals surface area contributed by atoms with Gasteiger partial charge < -0.3 is 5.32 Å². The zero-order chi connectivity index (χ0) is 16.4. The van der Waals surface area contributed by atoms with E-state index in [1.54, 1.807) is 23.0 Å². The number of fused-ring (bicyclic) bond motifs is 1. The Morgan fingerprint density at radius 3 is 2.78 bits per heavy atom. The second-order valence-electron chi connectivity index (χ2n) is 5.45. The van der Waals surface area contributed by atoms with E-state index in [9.17, 15) is 4.79 Å². The third-order valence-corrected chi connectivity index (χ3v) is 4.12. The Morgan fingerprint density at radius 1 is 1.35 bits per heavy atom. The molecule has 1 unspecified atom stereocenters. The van der Waals surface area contributed by atoms with Crippen molar-refractivity contribution in [2.45, 2.75) is 26.3 Å². The number of nitrogens with zero attached hydrogens (tertiary/aromatic N) is 3. The summed E-state index contributed by atoms with van der Waals surface area (Å²) in [6.07, 6.45) is 4.27. The topological polar surface area (TPSA) is 59.3 Å². The molecule has 1 amide bonds. The van der Waals surface area contributed by atoms with Crippen molar-refractivity contribution >= 4 is 27.5 Å². The lowest BCUT2D eigenvalue weighted by molar-refractivity contribution is 0.0930. The van der Waals surface area contributed by atoms with Gasteiger partial charge in [-0.3, -0.25) is 4.79 Å². The summed E-state index contributed by atoms with van der Waals surface area (Å²) in [5.74, 6) is -0.195. The minimum Gasteiger partial charge on any atom is -0.344 e. The Hall–Kier alpha value is -2.21. The first-order valence-corrected chi connectivity index (χ1v) is 8.24. The molecule has 0 fully saturated rings. The summed E-state index contributed by atoms with van der Waals surface area (Å²) in [5, 5.41) is 7.32. The molecule has 0 radical (unpaired) electrons. The zero-order valence-corrected chi connectivity index (χ0v) is 14.5. The van der Waals surface area contributed by atoms with Gasteiger partial charge in [-0.25, -0.2) is 9.50 Å². The van der Waals surface area contributed by atoms with Crippen molar-refractivity contribution in [3.05, 3.63) is 64.0 Å². The highest BCUT2D eigenvalue weighted by Gasteiger charge is 2.17. The van der Waals surface area contributed by atoms with E-state index in [1.807, 2.05) is 26.0 Å². The maximum Gasteiger partial charge on any atom is 0.272 e. The summed E-state index contributed by atoms with van der Waals surface area (Å²) >= 11 is 3.34. The molecule has 23 heavy (non-hydrogen) atoms. The number of carbonyl (C=O) groups excluding carboxylic acids is 1. The summed E-state index contributed by atoms with van der Waals surface area (Å²) in [7, 11) is 0. The van der Waals surface area contributed by atoms with Crippen molar-refractivity contribution in [1.29, 1.82) is 0 Å². The summed E-state index contributed by atoms with van der Waals surface area (Å²) in [5.41, 5.74) is 3.30. The summed E-state index contributed by atoms with van der Waals surface area (Å²) < 4.78 is 2.40. The average molecular weight is 373 g/mol. The van der Waals surface area contributed by atoms with Gasteiger partial charge in [-0.05, 0) is 34.8 Å². The van der Waals surface area contributed by atoms with Crippen LogP contribution in [0.15, 0.2) is 47.2 Å². The SMILES string of the molecule is CCC(NC(=O)c1cc2ncc(Br)cn2n1)c1ccc(C)cc1. The predicted octanol–water partition coefficient (Wildman–Crippen LogP) is 3.68. The Labute approximate surface area is 142 Å². The number of amides is 1. The second kappa shape index (κ2) is 6.50. The summed E-state index contributed by atoms with van der Waals surface area (Å²) in [6, 6.07) is 9.85. The highest BCUT2D eigenvalue weighted by molar-refractivity contribution is 9.10. The van der Waals surface area contributed by atoms with Crippen molar-refractivity contribution in [3.8, 4) is 0 Å². The van der Waals surface area contributed by atoms with Crippen LogP contribution in [0.4, 0.5) is 0 Å². The molecule has 6 heteroatoms. The van der Waals surface area contributed by atoms with E-state index in [2.05, 4.69) is 43.5 Å². The molecule has 0 aliphatic carbocycles. The number of hydrogen-bond donors (Lipinski definition) is 1. The van der Waals surface area contributed by atoms with E-state index in [0.717, 1.165) is 16.5 Å². The number of rotatable bonds is 4. The van der Waals surface area contributed by atoms with Gasteiger partial charge in [0.25, 0.3) is 5.91 Å². The zero-order valence-electron chi connectivity index (χ0n) is 13.0. The van der Waals surface area contributed by atoms with Gasteiger partial charge in [0, 0.05) is 18.5 Å². The molecule has 3 rings (SSSR count). The van der Waals surface area contributed by atoms with E-state index >= 15 is 0 Å². The molecule has 3 aromatic rings. The molecule has 0 saturated carbocycles. The lowest BCUT2D eigenvalue weighted by atomic mass is 10.0. The van der Waals surface area contributed by atoms with Gasteiger partial charge >= 0.3 is 0 Å². The molecular formula is C17H17BrN4O. The third-order valence-electron chi connectivity index (χ3n) is 3.71. The van der Waals surface area contributed by atoms with Crippen LogP contribution in [0, 0.1) is 6.92 Å². The van der Waals surface area contributed by atoms with Crippen LogP contribution in [0.1, 0.15) is 41.0 Å². The second-order valence-corrected chi connectivity index (χ2v) is 6.37. The van der Waals surface area contributed by atoms with Gasteiger partial charge in [0.1, 0.15) is 0 Å². The van der Waals surface area contributed by atoms with Crippen LogP contribution in [0.25, 0.3) is 5.65 Å². The number of carbonyl (C=O) groups is 1. The Morgan fingerprint density at radius 2 is 2.09 bits per heavy atom. The normalized spacial score (nSPS) is 12.3. The maximum absolute atomic E-state index is 12.5. The number of nitrogens with one attached hydrogen (secondary N) is 1. The first-order valence-electron chi connectivity index (χ1n) is 7.45. The highest BCUT2D eigenvalue weighted by atomic mass is 79.9. The van der Waals surface area contributed by atoms with E-state index in [0.29, 0.717) is 11.3 Å². The van der Waals surface area contributed by atoms with Crippen LogP contribution in [-0.2, 0) is 0 Å². The predicted molar refractivity (Wildman–Crippen MR) is 92.4 cm³/mol. The molecule has 5 nitrogen and oxygen atoms in total. The fourth-order valence-corrected chi connectivity index (χ4v) is 2.71. The lowest BCUT2D eigenvalue weighted by Gasteiger charge is -2.16. The molecule has 1 N–H and O–H groups in total. The van der Waals surface area contributed by atoms with Crippen LogP contribution < -0.4 is 5.32 Å². The van der Waals surface area contributed by atoms with Crippen molar-refractivity contribution in [1.82, 2.24) is 19.9 Å². The van der Waals surface area contributed by atoms with E-state index in [1.165, 1.54) is 5.56 Å². The molecule has 118 valence electrons. The number of hydrogen-bond acceptors (Lipinski definition) is 3. The fourth-order valence-electron chi connectivity index (χ4n) is 2.42. The minimum absolute atomic E-state index is 0.0346. The minimum atomic E-state index is -0.195. The smallest absolute Gasteiger partial charge is 0.272 e. The van der Waals surface area contributed by atoms with Gasteiger partial charge in [0.05, 0.1) is 10.5 Å². The van der Waals surface area contributed by atoms with Crippen molar-refractivity contribution in [3.63, 3.8) is 0 Å². The van der Waals surface area contributed by atoms with E-state index in [-0.39, 0.29) is 11.9 Å². The fraction of sp³-hybridized carbons (Fsp3) is 0.235. The third kappa shape index (κ3) is 3.42. The summed E-state index contributed by atoms with van der Waals surface area (Å²) in [6.45, 7) is 4.10. The maximum atomic E-state index is 12.5. The molecule has 2 heterocycles. The average Bonchev–Trinajstić information content (AvgIpc) is 2.96. The Kier molecular flexibility index (Phi) is 4.43. The summed E-state index contributed by atoms with van der Waals surface area (Å²) in [4.78, 5) is 16.7. The first-order chi connectivity index (χ1) is 11.1. The quantitative estimate of drug-likeness (QED) is 0.759. The molecule has 0 aliphatic rings. The Balaban J connectivity index is 1.82. The lowest BCUT2D eigenvalue weighted by Crippen LogP contribution is -2.28.